The number of aromatic nitrogens is 3. The summed E-state index contributed by atoms with van der Waals surface area (Å²) in [5.74, 6) is -0.330. The number of aliphatic hydroxyl groups is 1. The van der Waals surface area contributed by atoms with Crippen molar-refractivity contribution in [3.63, 3.8) is 0 Å². The highest BCUT2D eigenvalue weighted by atomic mass is 35.5. The van der Waals surface area contributed by atoms with Gasteiger partial charge in [-0.1, -0.05) is 28.9 Å². The van der Waals surface area contributed by atoms with E-state index in [1.807, 2.05) is 12.1 Å². The fourth-order valence-corrected chi connectivity index (χ4v) is 1.83. The van der Waals surface area contributed by atoms with Crippen molar-refractivity contribution in [1.29, 1.82) is 0 Å². The average molecular weight is 295 g/mol. The summed E-state index contributed by atoms with van der Waals surface area (Å²) in [5.41, 5.74) is 0.861. The fourth-order valence-electron chi connectivity index (χ4n) is 1.61. The lowest BCUT2D eigenvalue weighted by Crippen LogP contribution is -2.26. The van der Waals surface area contributed by atoms with Gasteiger partial charge in [0.05, 0.1) is 23.0 Å². The molecule has 106 valence electrons. The van der Waals surface area contributed by atoms with Crippen molar-refractivity contribution in [2.45, 2.75) is 19.4 Å². The minimum Gasteiger partial charge on any atom is -0.393 e. The predicted molar refractivity (Wildman–Crippen MR) is 75.0 cm³/mol. The van der Waals surface area contributed by atoms with Gasteiger partial charge >= 0.3 is 0 Å². The Bertz CT molecular complexity index is 598. The third-order valence-electron chi connectivity index (χ3n) is 2.67. The van der Waals surface area contributed by atoms with Crippen LogP contribution >= 0.6 is 11.6 Å². The van der Waals surface area contributed by atoms with Crippen LogP contribution in [0.2, 0.25) is 5.02 Å². The molecule has 2 N–H and O–H groups in total. The van der Waals surface area contributed by atoms with E-state index in [2.05, 4.69) is 15.6 Å². The van der Waals surface area contributed by atoms with Crippen LogP contribution < -0.4 is 5.32 Å². The van der Waals surface area contributed by atoms with Crippen molar-refractivity contribution in [2.24, 2.45) is 0 Å². The van der Waals surface area contributed by atoms with Gasteiger partial charge in [0.1, 0.15) is 0 Å². The highest BCUT2D eigenvalue weighted by Crippen LogP contribution is 2.18. The number of nitrogens with zero attached hydrogens (tertiary/aromatic N) is 3. The van der Waals surface area contributed by atoms with Crippen molar-refractivity contribution < 1.29 is 9.90 Å². The monoisotopic (exact) mass is 294 g/mol. The Hall–Kier alpha value is -1.92. The summed E-state index contributed by atoms with van der Waals surface area (Å²) in [6.45, 7) is 2.05. The van der Waals surface area contributed by atoms with Gasteiger partial charge in [-0.15, -0.1) is 5.10 Å². The lowest BCUT2D eigenvalue weighted by atomic mass is 10.3. The third-order valence-corrected chi connectivity index (χ3v) is 2.99. The number of halogens is 1. The van der Waals surface area contributed by atoms with E-state index in [4.69, 9.17) is 16.7 Å². The molecule has 1 atom stereocenters. The molecule has 0 aliphatic carbocycles. The molecule has 0 fully saturated rings. The van der Waals surface area contributed by atoms with E-state index in [9.17, 15) is 4.79 Å². The van der Waals surface area contributed by atoms with Crippen LogP contribution in [0.3, 0.4) is 0 Å². The molecular formula is C13H15ClN4O2. The summed E-state index contributed by atoms with van der Waals surface area (Å²) in [7, 11) is 0. The Kier molecular flexibility index (Phi) is 4.70. The van der Waals surface area contributed by atoms with Crippen LogP contribution in [0, 0.1) is 0 Å². The van der Waals surface area contributed by atoms with Gasteiger partial charge in [-0.2, -0.15) is 0 Å². The van der Waals surface area contributed by atoms with E-state index >= 15 is 0 Å². The SMILES string of the molecule is CC(O)CCNC(=O)c1cn(-c2ccccc2Cl)nn1. The number of carbonyl (C=O) groups is 1. The van der Waals surface area contributed by atoms with E-state index in [-0.39, 0.29) is 11.6 Å². The molecule has 1 aromatic carbocycles. The maximum atomic E-state index is 11.8. The molecule has 0 radical (unpaired) electrons. The number of carbonyl (C=O) groups excluding carboxylic acids is 1. The Balaban J connectivity index is 2.06. The molecule has 6 nitrogen and oxygen atoms in total. The second kappa shape index (κ2) is 6.49. The first-order valence-corrected chi connectivity index (χ1v) is 6.59. The van der Waals surface area contributed by atoms with Crippen LogP contribution in [-0.4, -0.2) is 38.7 Å². The number of para-hydroxylation sites is 1. The summed E-state index contributed by atoms with van der Waals surface area (Å²) in [4.78, 5) is 11.8. The van der Waals surface area contributed by atoms with Gasteiger partial charge in [0.15, 0.2) is 5.69 Å². The van der Waals surface area contributed by atoms with Gasteiger partial charge in [-0.25, -0.2) is 4.68 Å². The van der Waals surface area contributed by atoms with Crippen molar-refractivity contribution >= 4 is 17.5 Å². The van der Waals surface area contributed by atoms with E-state index in [1.54, 1.807) is 19.1 Å². The average Bonchev–Trinajstić information content (AvgIpc) is 2.88. The maximum absolute atomic E-state index is 11.8. The largest absolute Gasteiger partial charge is 0.393 e. The van der Waals surface area contributed by atoms with E-state index < -0.39 is 6.10 Å². The molecular weight excluding hydrogens is 280 g/mol. The molecule has 0 aliphatic heterocycles. The molecule has 1 aromatic heterocycles. The lowest BCUT2D eigenvalue weighted by Gasteiger charge is -2.04. The van der Waals surface area contributed by atoms with Crippen molar-refractivity contribution in [1.82, 2.24) is 20.3 Å². The second-order valence-electron chi connectivity index (χ2n) is 4.39. The molecule has 1 unspecified atom stereocenters. The minimum atomic E-state index is -0.450. The smallest absolute Gasteiger partial charge is 0.273 e. The number of hydrogen-bond donors (Lipinski definition) is 2. The number of amides is 1. The van der Waals surface area contributed by atoms with Crippen molar-refractivity contribution in [3.05, 3.63) is 41.2 Å². The summed E-state index contributed by atoms with van der Waals surface area (Å²) in [6.07, 6.45) is 1.55. The van der Waals surface area contributed by atoms with Crippen LogP contribution in [0.15, 0.2) is 30.5 Å². The molecule has 1 amide bonds. The number of aliphatic hydroxyl groups excluding tert-OH is 1. The third kappa shape index (κ3) is 3.55. The zero-order valence-corrected chi connectivity index (χ0v) is 11.7. The van der Waals surface area contributed by atoms with Gasteiger partial charge in [0.25, 0.3) is 5.91 Å². The van der Waals surface area contributed by atoms with E-state index in [0.717, 1.165) is 0 Å². The standard InChI is InChI=1S/C13H15ClN4O2/c1-9(19)6-7-15-13(20)11-8-18(17-16-11)12-5-3-2-4-10(12)14/h2-5,8-9,19H,6-7H2,1H3,(H,15,20). The first-order valence-electron chi connectivity index (χ1n) is 6.21. The molecule has 0 bridgehead atoms. The van der Waals surface area contributed by atoms with Crippen LogP contribution in [0.25, 0.3) is 5.69 Å². The van der Waals surface area contributed by atoms with Gasteiger partial charge < -0.3 is 10.4 Å². The summed E-state index contributed by atoms with van der Waals surface area (Å²) >= 11 is 6.05. The normalized spacial score (nSPS) is 12.2. The second-order valence-corrected chi connectivity index (χ2v) is 4.80. The highest BCUT2D eigenvalue weighted by molar-refractivity contribution is 6.32. The van der Waals surface area contributed by atoms with Crippen molar-refractivity contribution in [2.75, 3.05) is 6.54 Å². The molecule has 2 rings (SSSR count). The number of hydrogen-bond acceptors (Lipinski definition) is 4. The molecule has 0 saturated carbocycles. The number of rotatable bonds is 5. The van der Waals surface area contributed by atoms with Crippen LogP contribution in [0.5, 0.6) is 0 Å². The molecule has 7 heteroatoms. The Labute approximate surface area is 121 Å². The van der Waals surface area contributed by atoms with Crippen LogP contribution in [0.4, 0.5) is 0 Å². The van der Waals surface area contributed by atoms with E-state index in [1.165, 1.54) is 10.9 Å². The van der Waals surface area contributed by atoms with Crippen LogP contribution in [-0.2, 0) is 0 Å². The first kappa shape index (κ1) is 14.5. The fraction of sp³-hybridized carbons (Fsp3) is 0.308. The zero-order valence-electron chi connectivity index (χ0n) is 11.0. The molecule has 0 spiro atoms. The van der Waals surface area contributed by atoms with Crippen LogP contribution in [0.1, 0.15) is 23.8 Å². The molecule has 20 heavy (non-hydrogen) atoms. The molecule has 0 saturated heterocycles. The first-order chi connectivity index (χ1) is 9.58. The van der Waals surface area contributed by atoms with Gasteiger partial charge in [-0.05, 0) is 25.5 Å². The molecule has 1 heterocycles. The van der Waals surface area contributed by atoms with Gasteiger partial charge in [-0.3, -0.25) is 4.79 Å². The Morgan fingerprint density at radius 1 is 1.50 bits per heavy atom. The Morgan fingerprint density at radius 2 is 2.25 bits per heavy atom. The zero-order chi connectivity index (χ0) is 14.5. The maximum Gasteiger partial charge on any atom is 0.273 e. The quantitative estimate of drug-likeness (QED) is 0.874. The summed E-state index contributed by atoms with van der Waals surface area (Å²) < 4.78 is 1.45. The van der Waals surface area contributed by atoms with E-state index in [0.29, 0.717) is 23.7 Å². The number of benzene rings is 1. The number of nitrogens with one attached hydrogen (secondary N) is 1. The predicted octanol–water partition coefficient (Wildman–Crippen LogP) is 1.42. The lowest BCUT2D eigenvalue weighted by molar-refractivity contribution is 0.0940. The van der Waals surface area contributed by atoms with Gasteiger partial charge in [0, 0.05) is 6.54 Å². The van der Waals surface area contributed by atoms with Crippen molar-refractivity contribution in [3.8, 4) is 5.69 Å². The highest BCUT2D eigenvalue weighted by Gasteiger charge is 2.12. The van der Waals surface area contributed by atoms with Gasteiger partial charge in [0.2, 0.25) is 0 Å². The topological polar surface area (TPSA) is 80.0 Å². The minimum absolute atomic E-state index is 0.204. The summed E-state index contributed by atoms with van der Waals surface area (Å²) in [6, 6.07) is 7.16. The Morgan fingerprint density at radius 3 is 2.95 bits per heavy atom. The molecule has 0 aliphatic rings. The summed E-state index contributed by atoms with van der Waals surface area (Å²) in [5, 5.41) is 20.0. The molecule has 2 aromatic rings.